The third-order valence-electron chi connectivity index (χ3n) is 8.03. The molecule has 4 atom stereocenters. The van der Waals surface area contributed by atoms with Crippen LogP contribution in [0.4, 0.5) is 0 Å². The van der Waals surface area contributed by atoms with Crippen molar-refractivity contribution < 1.29 is 29.2 Å². The quantitative estimate of drug-likeness (QED) is 0.672. The van der Waals surface area contributed by atoms with Gasteiger partial charge in [0.2, 0.25) is 0 Å². The number of hydrogen-bond acceptors (Lipinski definition) is 7. The van der Waals surface area contributed by atoms with Crippen LogP contribution >= 0.6 is 0 Å². The molecule has 0 amide bonds. The van der Waals surface area contributed by atoms with Gasteiger partial charge >= 0.3 is 5.97 Å². The molecule has 0 unspecified atom stereocenters. The van der Waals surface area contributed by atoms with Crippen LogP contribution in [0.3, 0.4) is 0 Å². The SMILES string of the molecule is CCOC(=O)C[C@H]1C[C@@]2(O)[C@H]3Cc4ccc(O)cc4[C@@]2(CCN3CC2CC2)COCCO1. The molecular weight excluding hydrogens is 410 g/mol. The Bertz CT molecular complexity index is 857. The topological polar surface area (TPSA) is 88.5 Å². The van der Waals surface area contributed by atoms with Gasteiger partial charge in [0, 0.05) is 19.0 Å². The molecule has 0 radical (unpaired) electrons. The van der Waals surface area contributed by atoms with E-state index in [-0.39, 0.29) is 24.2 Å². The van der Waals surface area contributed by atoms with Crippen LogP contribution in [0.5, 0.6) is 5.75 Å². The highest BCUT2D eigenvalue weighted by Gasteiger charge is 2.64. The van der Waals surface area contributed by atoms with Crippen molar-refractivity contribution in [2.45, 2.75) is 68.6 Å². The van der Waals surface area contributed by atoms with Gasteiger partial charge in [-0.1, -0.05) is 6.07 Å². The Hall–Kier alpha value is -1.67. The van der Waals surface area contributed by atoms with Gasteiger partial charge in [0.25, 0.3) is 0 Å². The molecule has 4 aliphatic rings. The molecule has 1 aromatic carbocycles. The highest BCUT2D eigenvalue weighted by molar-refractivity contribution is 5.70. The second kappa shape index (κ2) is 8.60. The first kappa shape index (κ1) is 22.1. The number of fused-ring (bicyclic) bond motifs is 1. The zero-order valence-electron chi connectivity index (χ0n) is 18.9. The Kier molecular flexibility index (Phi) is 5.95. The first-order chi connectivity index (χ1) is 15.4. The van der Waals surface area contributed by atoms with E-state index in [0.29, 0.717) is 45.2 Å². The number of carbonyl (C=O) groups excluding carboxylic acids is 1. The number of aromatic hydroxyl groups is 1. The number of carbonyl (C=O) groups is 1. The molecule has 2 heterocycles. The number of likely N-dealkylation sites (tertiary alicyclic amines) is 1. The van der Waals surface area contributed by atoms with E-state index >= 15 is 0 Å². The van der Waals surface area contributed by atoms with Crippen molar-refractivity contribution in [1.29, 1.82) is 0 Å². The molecule has 5 rings (SSSR count). The summed E-state index contributed by atoms with van der Waals surface area (Å²) in [5, 5.41) is 22.9. The van der Waals surface area contributed by atoms with E-state index in [9.17, 15) is 15.0 Å². The number of phenols is 1. The minimum atomic E-state index is -1.14. The fourth-order valence-corrected chi connectivity index (χ4v) is 6.31. The lowest BCUT2D eigenvalue weighted by Gasteiger charge is -2.62. The number of benzene rings is 1. The molecule has 2 saturated heterocycles. The third-order valence-corrected chi connectivity index (χ3v) is 8.03. The van der Waals surface area contributed by atoms with Gasteiger partial charge in [0.05, 0.1) is 50.0 Å². The van der Waals surface area contributed by atoms with Crippen molar-refractivity contribution in [2.24, 2.45) is 5.92 Å². The van der Waals surface area contributed by atoms with Gasteiger partial charge in [-0.05, 0) is 68.3 Å². The lowest BCUT2D eigenvalue weighted by Crippen LogP contribution is -2.73. The smallest absolute Gasteiger partial charge is 0.308 e. The molecule has 176 valence electrons. The largest absolute Gasteiger partial charge is 0.508 e. The molecule has 7 heteroatoms. The first-order valence-electron chi connectivity index (χ1n) is 12.1. The summed E-state index contributed by atoms with van der Waals surface area (Å²) in [5.74, 6) is 0.620. The molecule has 2 aliphatic heterocycles. The maximum atomic E-state index is 12.6. The van der Waals surface area contributed by atoms with Crippen LogP contribution in [-0.2, 0) is 30.8 Å². The first-order valence-corrected chi connectivity index (χ1v) is 12.1. The van der Waals surface area contributed by atoms with Gasteiger partial charge in [0.1, 0.15) is 5.75 Å². The fraction of sp³-hybridized carbons (Fsp3) is 0.720. The molecule has 2 N–H and O–H groups in total. The Balaban J connectivity index is 1.56. The number of hydrogen-bond donors (Lipinski definition) is 2. The summed E-state index contributed by atoms with van der Waals surface area (Å²) in [4.78, 5) is 14.8. The Morgan fingerprint density at radius 1 is 1.31 bits per heavy atom. The van der Waals surface area contributed by atoms with E-state index in [4.69, 9.17) is 14.2 Å². The zero-order chi connectivity index (χ0) is 22.3. The number of phenolic OH excluding ortho intramolecular Hbond substituents is 1. The second-order valence-electron chi connectivity index (χ2n) is 10.0. The minimum Gasteiger partial charge on any atom is -0.508 e. The van der Waals surface area contributed by atoms with Gasteiger partial charge in [-0.2, -0.15) is 0 Å². The minimum absolute atomic E-state index is 0.0797. The van der Waals surface area contributed by atoms with Crippen molar-refractivity contribution >= 4 is 5.97 Å². The van der Waals surface area contributed by atoms with E-state index in [1.165, 1.54) is 18.4 Å². The van der Waals surface area contributed by atoms with Crippen LogP contribution in [0.25, 0.3) is 0 Å². The number of nitrogens with zero attached hydrogens (tertiary/aromatic N) is 1. The van der Waals surface area contributed by atoms with Crippen LogP contribution in [0.15, 0.2) is 18.2 Å². The lowest BCUT2D eigenvalue weighted by atomic mass is 9.53. The third kappa shape index (κ3) is 3.83. The Morgan fingerprint density at radius 3 is 2.94 bits per heavy atom. The summed E-state index contributed by atoms with van der Waals surface area (Å²) in [6, 6.07) is 5.47. The van der Waals surface area contributed by atoms with Gasteiger partial charge in [0.15, 0.2) is 0 Å². The summed E-state index contributed by atoms with van der Waals surface area (Å²) >= 11 is 0. The second-order valence-corrected chi connectivity index (χ2v) is 10.0. The maximum Gasteiger partial charge on any atom is 0.308 e. The molecule has 2 bridgehead atoms. The maximum absolute atomic E-state index is 12.6. The number of rotatable bonds is 5. The van der Waals surface area contributed by atoms with Crippen molar-refractivity contribution in [3.8, 4) is 5.75 Å². The normalized spacial score (nSPS) is 35.1. The predicted molar refractivity (Wildman–Crippen MR) is 118 cm³/mol. The molecule has 1 saturated carbocycles. The summed E-state index contributed by atoms with van der Waals surface area (Å²) in [7, 11) is 0. The van der Waals surface area contributed by atoms with Gasteiger partial charge in [-0.3, -0.25) is 9.69 Å². The van der Waals surface area contributed by atoms with Crippen LogP contribution in [-0.4, -0.2) is 78.3 Å². The van der Waals surface area contributed by atoms with Crippen LogP contribution in [0, 0.1) is 5.92 Å². The summed E-state index contributed by atoms with van der Waals surface area (Å²) < 4.78 is 17.3. The summed E-state index contributed by atoms with van der Waals surface area (Å²) in [6.07, 6.45) is 4.00. The van der Waals surface area contributed by atoms with Crippen molar-refractivity contribution in [1.82, 2.24) is 4.90 Å². The summed E-state index contributed by atoms with van der Waals surface area (Å²) in [5.41, 5.74) is 0.371. The van der Waals surface area contributed by atoms with E-state index in [1.54, 1.807) is 13.0 Å². The molecule has 3 fully saturated rings. The van der Waals surface area contributed by atoms with Crippen molar-refractivity contribution in [3.05, 3.63) is 29.3 Å². The van der Waals surface area contributed by atoms with Crippen LogP contribution in [0.1, 0.15) is 50.2 Å². The molecule has 1 aromatic rings. The highest BCUT2D eigenvalue weighted by Crippen LogP contribution is 2.55. The monoisotopic (exact) mass is 445 g/mol. The number of aliphatic hydroxyl groups is 1. The van der Waals surface area contributed by atoms with E-state index in [2.05, 4.69) is 4.90 Å². The van der Waals surface area contributed by atoms with Gasteiger partial charge < -0.3 is 24.4 Å². The van der Waals surface area contributed by atoms with Crippen LogP contribution in [0.2, 0.25) is 0 Å². The average Bonchev–Trinajstić information content (AvgIpc) is 3.55. The standard InChI is InChI=1S/C25H35NO6/c1-2-31-23(28)13-20-14-25(29)22-11-18-5-6-19(27)12-21(18)24(25,16-30-9-10-32-20)7-8-26(22)15-17-3-4-17/h5-6,12,17,20,22,27,29H,2-4,7-11,13-16H2,1H3/t20-,22+,24+,25+/m0/s1. The molecule has 2 aliphatic carbocycles. The van der Waals surface area contributed by atoms with Gasteiger partial charge in [-0.15, -0.1) is 0 Å². The number of piperidine rings is 1. The molecule has 32 heavy (non-hydrogen) atoms. The highest BCUT2D eigenvalue weighted by atomic mass is 16.5. The van der Waals surface area contributed by atoms with E-state index in [0.717, 1.165) is 25.1 Å². The van der Waals surface area contributed by atoms with Crippen molar-refractivity contribution in [3.63, 3.8) is 0 Å². The number of esters is 1. The Morgan fingerprint density at radius 2 is 2.16 bits per heavy atom. The zero-order valence-corrected chi connectivity index (χ0v) is 18.9. The molecule has 7 nitrogen and oxygen atoms in total. The fourth-order valence-electron chi connectivity index (χ4n) is 6.31. The van der Waals surface area contributed by atoms with Crippen molar-refractivity contribution in [2.75, 3.05) is 39.5 Å². The lowest BCUT2D eigenvalue weighted by molar-refractivity contribution is -0.178. The average molecular weight is 446 g/mol. The molecule has 0 aromatic heterocycles. The van der Waals surface area contributed by atoms with E-state index in [1.807, 2.05) is 12.1 Å². The predicted octanol–water partition coefficient (Wildman–Crippen LogP) is 2.16. The molecular formula is C25H35NO6. The Labute approximate surface area is 189 Å². The van der Waals surface area contributed by atoms with E-state index < -0.39 is 17.1 Å². The van der Waals surface area contributed by atoms with Crippen LogP contribution < -0.4 is 0 Å². The molecule has 0 spiro atoms. The van der Waals surface area contributed by atoms with Gasteiger partial charge in [-0.25, -0.2) is 0 Å². The number of ether oxygens (including phenoxy) is 3. The summed E-state index contributed by atoms with van der Waals surface area (Å²) in [6.45, 7) is 5.17.